The average Bonchev–Trinajstić information content (AvgIpc) is 2.92. The zero-order chi connectivity index (χ0) is 35.2. The highest BCUT2D eigenvalue weighted by Gasteiger charge is 2.45. The van der Waals surface area contributed by atoms with Crippen LogP contribution >= 0.6 is 0 Å². The molecule has 0 aromatic heterocycles. The minimum absolute atomic E-state index is 0.00244. The molecule has 2 aromatic carbocycles. The summed E-state index contributed by atoms with van der Waals surface area (Å²) in [4.78, 5) is 26.0. The molecule has 2 unspecified atom stereocenters. The maximum Gasteiger partial charge on any atom is 0.223 e. The van der Waals surface area contributed by atoms with Crippen LogP contribution in [0.4, 0.5) is 0 Å². The van der Waals surface area contributed by atoms with Crippen LogP contribution in [0.3, 0.4) is 0 Å². The minimum atomic E-state index is -1.30. The zero-order valence-corrected chi connectivity index (χ0v) is 31.0. The smallest absolute Gasteiger partial charge is 0.223 e. The van der Waals surface area contributed by atoms with Crippen LogP contribution in [0.15, 0.2) is 48.5 Å². The van der Waals surface area contributed by atoms with E-state index in [0.717, 1.165) is 47.9 Å². The summed E-state index contributed by atoms with van der Waals surface area (Å²) in [6.07, 6.45) is 3.47. The molecule has 0 heterocycles. The Labute approximate surface area is 280 Å². The van der Waals surface area contributed by atoms with E-state index < -0.39 is 22.0 Å². The van der Waals surface area contributed by atoms with Crippen molar-refractivity contribution in [1.29, 1.82) is 0 Å². The van der Waals surface area contributed by atoms with E-state index in [0.29, 0.717) is 13.1 Å². The quantitative estimate of drug-likeness (QED) is 0.167. The van der Waals surface area contributed by atoms with Crippen molar-refractivity contribution in [2.75, 3.05) is 13.1 Å². The Morgan fingerprint density at radius 1 is 0.522 bits per heavy atom. The second-order valence-electron chi connectivity index (χ2n) is 17.3. The standard InChI is InChI=1S/C40H64N2O4/c1-35(2,3)29-19-17-21-31(25-29)39(45,37(7,8)9)27-33(43)41-23-15-13-14-16-24-42-34(44)28-40(46,38(10,11)12)32-22-18-20-30(26-32)36(4,5)6/h17-22,25-26,45-46H,13-16,23-24,27-28H2,1-12H3,(H,41,43)(H,42,44). The summed E-state index contributed by atoms with van der Waals surface area (Å²) in [6.45, 7) is 25.8. The predicted molar refractivity (Wildman–Crippen MR) is 191 cm³/mol. The van der Waals surface area contributed by atoms with Crippen molar-refractivity contribution in [2.24, 2.45) is 10.8 Å². The van der Waals surface area contributed by atoms with Gasteiger partial charge in [-0.1, -0.05) is 144 Å². The molecule has 0 spiro atoms. The number of hydrogen-bond donors (Lipinski definition) is 4. The molecule has 2 atom stereocenters. The zero-order valence-electron chi connectivity index (χ0n) is 31.0. The molecule has 0 saturated carbocycles. The van der Waals surface area contributed by atoms with Crippen LogP contribution in [0, 0.1) is 10.8 Å². The molecule has 4 N–H and O–H groups in total. The van der Waals surface area contributed by atoms with Gasteiger partial charge in [-0.3, -0.25) is 9.59 Å². The fourth-order valence-corrected chi connectivity index (χ4v) is 5.74. The molecule has 0 radical (unpaired) electrons. The van der Waals surface area contributed by atoms with Gasteiger partial charge in [-0.15, -0.1) is 0 Å². The fourth-order valence-electron chi connectivity index (χ4n) is 5.74. The number of rotatable bonds is 13. The molecule has 2 rings (SSSR count). The number of nitrogens with one attached hydrogen (secondary N) is 2. The molecule has 0 bridgehead atoms. The molecule has 46 heavy (non-hydrogen) atoms. The number of carbonyl (C=O) groups is 2. The highest BCUT2D eigenvalue weighted by atomic mass is 16.3. The molecule has 258 valence electrons. The summed E-state index contributed by atoms with van der Waals surface area (Å²) < 4.78 is 0. The lowest BCUT2D eigenvalue weighted by molar-refractivity contribution is -0.135. The Bertz CT molecular complexity index is 1200. The Morgan fingerprint density at radius 3 is 1.11 bits per heavy atom. The van der Waals surface area contributed by atoms with Crippen LogP contribution < -0.4 is 10.6 Å². The molecule has 0 aliphatic heterocycles. The summed E-state index contributed by atoms with van der Waals surface area (Å²) in [7, 11) is 0. The highest BCUT2D eigenvalue weighted by molar-refractivity contribution is 5.78. The Kier molecular flexibility index (Phi) is 12.9. The van der Waals surface area contributed by atoms with E-state index in [2.05, 4.69) is 64.3 Å². The first kappa shape index (κ1) is 39.5. The summed E-state index contributed by atoms with van der Waals surface area (Å²) in [5.41, 5.74) is -0.0129. The number of carbonyl (C=O) groups excluding carboxylic acids is 2. The third kappa shape index (κ3) is 10.4. The normalized spacial score (nSPS) is 15.5. The van der Waals surface area contributed by atoms with Crippen molar-refractivity contribution < 1.29 is 19.8 Å². The van der Waals surface area contributed by atoms with Crippen molar-refractivity contribution in [1.82, 2.24) is 10.6 Å². The topological polar surface area (TPSA) is 98.7 Å². The maximum atomic E-state index is 13.0. The summed E-state index contributed by atoms with van der Waals surface area (Å²) in [5.74, 6) is -0.324. The first-order chi connectivity index (χ1) is 20.9. The van der Waals surface area contributed by atoms with E-state index in [1.54, 1.807) is 0 Å². The molecule has 6 nitrogen and oxygen atoms in total. The second kappa shape index (κ2) is 15.0. The number of unbranched alkanes of at least 4 members (excludes halogenated alkanes) is 3. The maximum absolute atomic E-state index is 13.0. The lowest BCUT2D eigenvalue weighted by atomic mass is 9.69. The number of hydrogen-bond acceptors (Lipinski definition) is 4. The van der Waals surface area contributed by atoms with Gasteiger partial charge in [-0.2, -0.15) is 0 Å². The molecular formula is C40H64N2O4. The van der Waals surface area contributed by atoms with Crippen molar-refractivity contribution in [3.05, 3.63) is 70.8 Å². The number of benzene rings is 2. The van der Waals surface area contributed by atoms with Gasteiger partial charge in [-0.25, -0.2) is 0 Å². The van der Waals surface area contributed by atoms with Crippen molar-refractivity contribution in [2.45, 2.75) is 144 Å². The molecule has 0 aliphatic carbocycles. The Hall–Kier alpha value is -2.70. The fraction of sp³-hybridized carbons (Fsp3) is 0.650. The monoisotopic (exact) mass is 636 g/mol. The lowest BCUT2D eigenvalue weighted by Gasteiger charge is -2.41. The Balaban J connectivity index is 1.83. The number of amides is 2. The molecule has 0 aliphatic rings. The SMILES string of the molecule is CC(C)(C)c1cccc(C(O)(CC(=O)NCCCCCCNC(=O)CC(O)(c2cccc(C(C)(C)C)c2)C(C)(C)C)C(C)(C)C)c1. The molecule has 0 fully saturated rings. The summed E-state index contributed by atoms with van der Waals surface area (Å²) >= 11 is 0. The van der Waals surface area contributed by atoms with Crippen molar-refractivity contribution >= 4 is 11.8 Å². The van der Waals surface area contributed by atoms with Gasteiger partial charge >= 0.3 is 0 Å². The van der Waals surface area contributed by atoms with Crippen molar-refractivity contribution in [3.63, 3.8) is 0 Å². The Morgan fingerprint density at radius 2 is 0.826 bits per heavy atom. The third-order valence-electron chi connectivity index (χ3n) is 9.47. The molecular weight excluding hydrogens is 572 g/mol. The largest absolute Gasteiger partial charge is 0.384 e. The molecule has 6 heteroatoms. The summed E-state index contributed by atoms with van der Waals surface area (Å²) in [5, 5.41) is 29.7. The van der Waals surface area contributed by atoms with Gasteiger partial charge in [0, 0.05) is 13.1 Å². The first-order valence-corrected chi connectivity index (χ1v) is 17.1. The first-order valence-electron chi connectivity index (χ1n) is 17.1. The minimum Gasteiger partial charge on any atom is -0.384 e. The van der Waals surface area contributed by atoms with E-state index in [-0.39, 0.29) is 35.5 Å². The van der Waals surface area contributed by atoms with Gasteiger partial charge in [-0.05, 0) is 56.8 Å². The van der Waals surface area contributed by atoms with Gasteiger partial charge in [0.15, 0.2) is 0 Å². The third-order valence-corrected chi connectivity index (χ3v) is 9.47. The van der Waals surface area contributed by atoms with Gasteiger partial charge in [0.25, 0.3) is 0 Å². The van der Waals surface area contributed by atoms with Crippen LogP contribution in [0.25, 0.3) is 0 Å². The lowest BCUT2D eigenvalue weighted by Crippen LogP contribution is -2.44. The highest BCUT2D eigenvalue weighted by Crippen LogP contribution is 2.44. The van der Waals surface area contributed by atoms with E-state index in [9.17, 15) is 19.8 Å². The van der Waals surface area contributed by atoms with Crippen molar-refractivity contribution in [3.8, 4) is 0 Å². The van der Waals surface area contributed by atoms with Gasteiger partial charge in [0.1, 0.15) is 11.2 Å². The molecule has 0 saturated heterocycles. The van der Waals surface area contributed by atoms with E-state index in [4.69, 9.17) is 0 Å². The van der Waals surface area contributed by atoms with Crippen LogP contribution in [-0.4, -0.2) is 35.1 Å². The van der Waals surface area contributed by atoms with Gasteiger partial charge in [0.05, 0.1) is 12.8 Å². The second-order valence-corrected chi connectivity index (χ2v) is 17.3. The van der Waals surface area contributed by atoms with Crippen LogP contribution in [0.2, 0.25) is 0 Å². The van der Waals surface area contributed by atoms with E-state index in [1.807, 2.05) is 77.9 Å². The van der Waals surface area contributed by atoms with E-state index in [1.165, 1.54) is 0 Å². The van der Waals surface area contributed by atoms with Crippen LogP contribution in [-0.2, 0) is 31.6 Å². The van der Waals surface area contributed by atoms with Gasteiger partial charge < -0.3 is 20.8 Å². The van der Waals surface area contributed by atoms with Gasteiger partial charge in [0.2, 0.25) is 11.8 Å². The van der Waals surface area contributed by atoms with Crippen LogP contribution in [0.5, 0.6) is 0 Å². The predicted octanol–water partition coefficient (Wildman–Crippen LogP) is 8.02. The molecule has 2 aromatic rings. The number of aliphatic hydroxyl groups is 2. The molecule has 2 amide bonds. The average molecular weight is 637 g/mol. The summed E-state index contributed by atoms with van der Waals surface area (Å²) in [6, 6.07) is 16.0. The van der Waals surface area contributed by atoms with E-state index >= 15 is 0 Å². The van der Waals surface area contributed by atoms with Crippen LogP contribution in [0.1, 0.15) is 144 Å².